The Morgan fingerprint density at radius 3 is 2.20 bits per heavy atom. The van der Waals surface area contributed by atoms with Crippen molar-refractivity contribution in [1.82, 2.24) is 19.7 Å². The van der Waals surface area contributed by atoms with Gasteiger partial charge in [-0.05, 0) is 38.2 Å². The van der Waals surface area contributed by atoms with Gasteiger partial charge in [0.05, 0.1) is 24.1 Å². The number of nitrogens with one attached hydrogen (secondary N) is 2. The molecule has 0 bridgehead atoms. The number of aryl methyl sites for hydroxylation is 1. The molecule has 4 aromatic rings. The van der Waals surface area contributed by atoms with E-state index in [1.54, 1.807) is 24.0 Å². The van der Waals surface area contributed by atoms with E-state index in [0.29, 0.717) is 17.5 Å². The number of hydrogen-bond donors (Lipinski definition) is 3. The van der Waals surface area contributed by atoms with Crippen LogP contribution in [0.5, 0.6) is 0 Å². The number of aldehydes is 2. The van der Waals surface area contributed by atoms with Crippen LogP contribution >= 0.6 is 9.24 Å². The van der Waals surface area contributed by atoms with Crippen LogP contribution < -0.4 is 16.4 Å². The van der Waals surface area contributed by atoms with E-state index >= 15 is 0 Å². The van der Waals surface area contributed by atoms with Gasteiger partial charge < -0.3 is 20.8 Å². The van der Waals surface area contributed by atoms with Crippen LogP contribution in [0.1, 0.15) is 54.2 Å². The van der Waals surface area contributed by atoms with Gasteiger partial charge in [-0.2, -0.15) is 5.10 Å². The van der Waals surface area contributed by atoms with E-state index in [1.807, 2.05) is 58.9 Å². The van der Waals surface area contributed by atoms with Gasteiger partial charge in [-0.1, -0.05) is 54.6 Å². The molecule has 13 heteroatoms. The monoisotopic (exact) mass is 591 g/mol. The number of rotatable bonds is 8. The Labute approximate surface area is 242 Å². The predicted molar refractivity (Wildman–Crippen MR) is 164 cm³/mol. The molecule has 0 saturated heterocycles. The number of benzene rings is 1. The summed E-state index contributed by atoms with van der Waals surface area (Å²) >= 11 is 0. The molecule has 0 aliphatic heterocycles. The SMILES string of the molecule is CC.CC.CN.CNc1cn(-c2ccc(C)cc2)nc1C=O.O=Cc1coc(-c2ccnc(NCC(F)(F)P)c2)n1. The van der Waals surface area contributed by atoms with Gasteiger partial charge in [0.2, 0.25) is 5.89 Å². The number of carbonyl (C=O) groups excluding carboxylic acids is 2. The van der Waals surface area contributed by atoms with Crippen molar-refractivity contribution in [3.63, 3.8) is 0 Å². The maximum Gasteiger partial charge on any atom is 0.275 e. The summed E-state index contributed by atoms with van der Waals surface area (Å²) in [5.74, 6) is 0.496. The first kappa shape index (κ1) is 37.0. The number of nitrogens with two attached hydrogens (primary N) is 1. The number of hydrogen-bond acceptors (Lipinski definition) is 9. The van der Waals surface area contributed by atoms with Gasteiger partial charge in [0.1, 0.15) is 23.5 Å². The molecule has 3 aromatic heterocycles. The Balaban J connectivity index is 0.000000666. The van der Waals surface area contributed by atoms with E-state index in [4.69, 9.17) is 4.42 Å². The highest BCUT2D eigenvalue weighted by atomic mass is 31.0. The molecule has 1 unspecified atom stereocenters. The van der Waals surface area contributed by atoms with Crippen molar-refractivity contribution >= 4 is 33.3 Å². The fraction of sp³-hybridized carbons (Fsp3) is 0.321. The number of oxazole rings is 1. The summed E-state index contributed by atoms with van der Waals surface area (Å²) in [6, 6.07) is 11.1. The van der Waals surface area contributed by atoms with Crippen LogP contribution in [0.4, 0.5) is 20.3 Å². The molecule has 0 saturated carbocycles. The minimum absolute atomic E-state index is 0.165. The van der Waals surface area contributed by atoms with Crippen molar-refractivity contribution in [3.05, 3.63) is 72.0 Å². The fourth-order valence-corrected chi connectivity index (χ4v) is 2.94. The highest BCUT2D eigenvalue weighted by Crippen LogP contribution is 2.24. The zero-order valence-electron chi connectivity index (χ0n) is 24.5. The van der Waals surface area contributed by atoms with E-state index in [-0.39, 0.29) is 17.4 Å². The Bertz CT molecular complexity index is 1290. The second-order valence-corrected chi connectivity index (χ2v) is 8.16. The van der Waals surface area contributed by atoms with Crippen LogP contribution in [-0.4, -0.2) is 58.6 Å². The molecule has 0 fully saturated rings. The maximum absolute atomic E-state index is 12.7. The number of anilines is 2. The van der Waals surface area contributed by atoms with Crippen molar-refractivity contribution in [2.24, 2.45) is 5.73 Å². The lowest BCUT2D eigenvalue weighted by molar-refractivity contribution is 0.111. The Hall–Kier alpha value is -4.02. The molecule has 0 spiro atoms. The summed E-state index contributed by atoms with van der Waals surface area (Å²) in [6.07, 6.45) is 5.75. The second kappa shape index (κ2) is 19.9. The van der Waals surface area contributed by atoms with Crippen molar-refractivity contribution in [2.75, 3.05) is 31.3 Å². The lowest BCUT2D eigenvalue weighted by Crippen LogP contribution is -2.19. The van der Waals surface area contributed by atoms with Gasteiger partial charge in [-0.15, -0.1) is 0 Å². The Morgan fingerprint density at radius 1 is 1.07 bits per heavy atom. The minimum atomic E-state index is -2.91. The zero-order valence-corrected chi connectivity index (χ0v) is 25.6. The summed E-state index contributed by atoms with van der Waals surface area (Å²) in [7, 11) is 4.71. The maximum atomic E-state index is 12.7. The molecule has 41 heavy (non-hydrogen) atoms. The second-order valence-electron chi connectivity index (χ2n) is 7.32. The molecular weight excluding hydrogens is 551 g/mol. The topological polar surface area (TPSA) is 141 Å². The van der Waals surface area contributed by atoms with Gasteiger partial charge in [0.25, 0.3) is 5.66 Å². The molecule has 1 atom stereocenters. The van der Waals surface area contributed by atoms with Crippen LogP contribution in [0.25, 0.3) is 17.1 Å². The number of halogens is 2. The number of alkyl halides is 2. The first-order valence-electron chi connectivity index (χ1n) is 12.9. The molecule has 10 nitrogen and oxygen atoms in total. The fourth-order valence-electron chi connectivity index (χ4n) is 2.84. The molecule has 4 rings (SSSR count). The van der Waals surface area contributed by atoms with Crippen LogP contribution in [0, 0.1) is 6.92 Å². The lowest BCUT2D eigenvalue weighted by atomic mass is 10.2. The van der Waals surface area contributed by atoms with Gasteiger partial charge >= 0.3 is 0 Å². The summed E-state index contributed by atoms with van der Waals surface area (Å²) in [4.78, 5) is 29.1. The summed E-state index contributed by atoms with van der Waals surface area (Å²) in [5.41, 5.74) is 5.58. The lowest BCUT2D eigenvalue weighted by Gasteiger charge is -2.11. The molecule has 0 aliphatic carbocycles. The van der Waals surface area contributed by atoms with Crippen molar-refractivity contribution < 1.29 is 22.8 Å². The molecule has 0 radical (unpaired) electrons. The highest BCUT2D eigenvalue weighted by Gasteiger charge is 2.20. The highest BCUT2D eigenvalue weighted by molar-refractivity contribution is 7.18. The molecule has 3 heterocycles. The van der Waals surface area contributed by atoms with Crippen molar-refractivity contribution in [2.45, 2.75) is 40.3 Å². The van der Waals surface area contributed by atoms with Gasteiger partial charge in [0, 0.05) is 18.8 Å². The van der Waals surface area contributed by atoms with E-state index in [1.165, 1.54) is 40.4 Å². The quantitative estimate of drug-likeness (QED) is 0.164. The first-order valence-corrected chi connectivity index (χ1v) is 13.4. The smallest absolute Gasteiger partial charge is 0.275 e. The minimum Gasteiger partial charge on any atom is -0.444 e. The van der Waals surface area contributed by atoms with E-state index < -0.39 is 12.2 Å². The average Bonchev–Trinajstić information content (AvgIpc) is 3.67. The standard InChI is InChI=1S/C12H13N3O.C11H10F2N3O2P.2C2H6.CH5N/c1-9-3-5-10(6-4-9)15-7-11(13-2)12(8-16)14-15;12-11(13,19)6-15-9-3-7(1-2-14-9)10-16-8(4-17)5-18-10;3*1-2/h3-8,13H,1-2H3;1-5H,6,19H2,(H,14,15);2*1-2H3;2H2,1H3. The Kier molecular flexibility index (Phi) is 18.0. The summed E-state index contributed by atoms with van der Waals surface area (Å²) < 4.78 is 32.1. The van der Waals surface area contributed by atoms with Crippen LogP contribution in [0.3, 0.4) is 0 Å². The van der Waals surface area contributed by atoms with E-state index in [9.17, 15) is 18.4 Å². The third-order valence-corrected chi connectivity index (χ3v) is 4.78. The van der Waals surface area contributed by atoms with Crippen LogP contribution in [0.2, 0.25) is 0 Å². The molecular formula is C28H40F2N7O3P. The number of pyridine rings is 1. The normalized spacial score (nSPS) is 9.63. The number of aromatic nitrogens is 4. The van der Waals surface area contributed by atoms with Gasteiger partial charge in [0.15, 0.2) is 12.6 Å². The third-order valence-electron chi connectivity index (χ3n) is 4.58. The number of carbonyl (C=O) groups is 2. The predicted octanol–water partition coefficient (Wildman–Crippen LogP) is 6.09. The average molecular weight is 592 g/mol. The van der Waals surface area contributed by atoms with Gasteiger partial charge in [-0.25, -0.2) is 23.4 Å². The Morgan fingerprint density at radius 2 is 1.71 bits per heavy atom. The van der Waals surface area contributed by atoms with Crippen LogP contribution in [0.15, 0.2) is 59.5 Å². The van der Waals surface area contributed by atoms with E-state index in [2.05, 4.69) is 31.4 Å². The van der Waals surface area contributed by atoms with Gasteiger partial charge in [-0.3, -0.25) is 9.59 Å². The van der Waals surface area contributed by atoms with E-state index in [0.717, 1.165) is 17.7 Å². The van der Waals surface area contributed by atoms with Crippen molar-refractivity contribution in [1.29, 1.82) is 0 Å². The summed E-state index contributed by atoms with van der Waals surface area (Å²) in [5, 5.41) is 9.61. The van der Waals surface area contributed by atoms with Crippen LogP contribution in [-0.2, 0) is 0 Å². The summed E-state index contributed by atoms with van der Waals surface area (Å²) in [6.45, 7) is 9.47. The largest absolute Gasteiger partial charge is 0.444 e. The number of nitrogens with zero attached hydrogens (tertiary/aromatic N) is 4. The molecule has 0 aliphatic rings. The molecule has 4 N–H and O–H groups in total. The molecule has 224 valence electrons. The first-order chi connectivity index (χ1) is 19.7. The zero-order chi connectivity index (χ0) is 31.4. The molecule has 1 aromatic carbocycles. The third kappa shape index (κ3) is 12.8. The van der Waals surface area contributed by atoms with Crippen molar-refractivity contribution in [3.8, 4) is 17.1 Å². The molecule has 0 amide bonds.